The number of ether oxygens (including phenoxy) is 2. The van der Waals surface area contributed by atoms with E-state index in [0.29, 0.717) is 41.3 Å². The van der Waals surface area contributed by atoms with Crippen LogP contribution in [0.15, 0.2) is 66.7 Å². The number of phosphoric acid groups is 1. The fourth-order valence-electron chi connectivity index (χ4n) is 6.38. The molecule has 2 atom stereocenters. The number of nitrogens with one attached hydrogen (secondary N) is 1. The number of quaternary nitrogens is 1. The molecule has 0 aromatic heterocycles. The topological polar surface area (TPSA) is 138 Å². The smallest absolute Gasteiger partial charge is 0.466 e. The lowest BCUT2D eigenvalue weighted by Crippen LogP contribution is -2.44. The Bertz CT molecular complexity index is 1630. The number of aliphatic hydroxyl groups is 1. The molecule has 0 aliphatic rings. The van der Waals surface area contributed by atoms with Crippen molar-refractivity contribution in [2.24, 2.45) is 0 Å². The summed E-state index contributed by atoms with van der Waals surface area (Å²) in [5, 5.41) is 14.3. The molecule has 52 heavy (non-hydrogen) atoms. The Morgan fingerprint density at radius 3 is 2.15 bits per heavy atom. The number of nitrogens with zero attached hydrogens (tertiary/aromatic N) is 2. The first-order valence-corrected chi connectivity index (χ1v) is 19.5. The van der Waals surface area contributed by atoms with E-state index in [2.05, 4.69) is 60.6 Å². The third-order valence-corrected chi connectivity index (χ3v) is 9.30. The summed E-state index contributed by atoms with van der Waals surface area (Å²) in [5.41, 5.74) is 4.24. The monoisotopic (exact) mass is 742 g/mol. The number of phosphoric ester groups is 1. The third kappa shape index (κ3) is 14.4. The molecule has 4 N–H and O–H groups in total. The van der Waals surface area contributed by atoms with Gasteiger partial charge in [-0.2, -0.15) is 0 Å². The highest BCUT2D eigenvalue weighted by molar-refractivity contribution is 7.46. The van der Waals surface area contributed by atoms with Gasteiger partial charge in [-0.25, -0.2) is 13.9 Å². The first-order valence-electron chi connectivity index (χ1n) is 18.0. The summed E-state index contributed by atoms with van der Waals surface area (Å²) in [5.74, 6) is 0.436. The average molecular weight is 743 g/mol. The quantitative estimate of drug-likeness (QED) is 0.0346. The van der Waals surface area contributed by atoms with Crippen molar-refractivity contribution in [3.63, 3.8) is 0 Å². The summed E-state index contributed by atoms with van der Waals surface area (Å²) in [4.78, 5) is 34.5. The van der Waals surface area contributed by atoms with E-state index < -0.39 is 26.7 Å². The van der Waals surface area contributed by atoms with Crippen molar-refractivity contribution in [3.8, 4) is 11.5 Å². The number of benzene rings is 3. The van der Waals surface area contributed by atoms with Gasteiger partial charge in [0.05, 0.1) is 20.2 Å². The summed E-state index contributed by atoms with van der Waals surface area (Å²) in [6, 6.07) is 22.2. The van der Waals surface area contributed by atoms with Gasteiger partial charge in [0.1, 0.15) is 18.0 Å². The number of carbonyl (C=O) groups is 1. The summed E-state index contributed by atoms with van der Waals surface area (Å²) >= 11 is 0. The number of rotatable bonds is 19. The second kappa shape index (κ2) is 18.8. The van der Waals surface area contributed by atoms with Crippen molar-refractivity contribution in [1.29, 1.82) is 0 Å². The Labute approximate surface area is 310 Å². The van der Waals surface area contributed by atoms with Crippen LogP contribution in [0.2, 0.25) is 0 Å². The van der Waals surface area contributed by atoms with E-state index in [-0.39, 0.29) is 29.0 Å². The zero-order valence-electron chi connectivity index (χ0n) is 32.6. The predicted molar refractivity (Wildman–Crippen MR) is 205 cm³/mol. The van der Waals surface area contributed by atoms with E-state index in [1.54, 1.807) is 18.2 Å². The van der Waals surface area contributed by atoms with Crippen LogP contribution in [0.5, 0.6) is 11.5 Å². The molecule has 288 valence electrons. The second-order valence-corrected chi connectivity index (χ2v) is 17.1. The van der Waals surface area contributed by atoms with Crippen molar-refractivity contribution in [2.75, 3.05) is 40.5 Å². The lowest BCUT2D eigenvalue weighted by molar-refractivity contribution is -0.896. The standard InChI is InChI=1S/C40H60N3O8P/c1-28(2)42(29(3)4)21-20-34(31-14-12-11-13-15-31)35-22-30(5)16-18-38(35)51-39(45)26-43(9,10)25-33-23-32(36(44)24-41-40(6,7)8)17-19-37(33)49-27-50-52(46,47)48/h11-19,22-23,28-29,34,36,41,44H,20-21,24-27H2,1-10H3,(H-,46,47,48)/p+1/t34-,36?/m1/s1. The molecule has 0 saturated carbocycles. The molecule has 11 nitrogen and oxygen atoms in total. The summed E-state index contributed by atoms with van der Waals surface area (Å²) in [7, 11) is -0.984. The zero-order chi connectivity index (χ0) is 38.9. The fourth-order valence-corrected chi connectivity index (χ4v) is 6.57. The van der Waals surface area contributed by atoms with E-state index in [1.165, 1.54) is 0 Å². The SMILES string of the molecule is Cc1ccc(OC(=O)C[N+](C)(C)Cc2cc(C(O)CNC(C)(C)C)ccc2OCOP(=O)(O)O)c([C@H](CCN(C(C)C)C(C)C)c2ccccc2)c1. The van der Waals surface area contributed by atoms with Gasteiger partial charge in [-0.05, 0) is 97.7 Å². The molecule has 0 aliphatic heterocycles. The minimum atomic E-state index is -4.76. The van der Waals surface area contributed by atoms with Gasteiger partial charge in [-0.15, -0.1) is 0 Å². The van der Waals surface area contributed by atoms with Crippen LogP contribution in [-0.2, 0) is 20.4 Å². The van der Waals surface area contributed by atoms with Gasteiger partial charge in [-0.3, -0.25) is 4.90 Å². The van der Waals surface area contributed by atoms with Crippen molar-refractivity contribution >= 4 is 13.8 Å². The Hall–Kier alpha value is -3.12. The van der Waals surface area contributed by atoms with Crippen LogP contribution < -0.4 is 14.8 Å². The normalized spacial score (nSPS) is 13.8. The van der Waals surface area contributed by atoms with Crippen LogP contribution in [0.25, 0.3) is 0 Å². The molecule has 0 aliphatic carbocycles. The van der Waals surface area contributed by atoms with E-state index in [0.717, 1.165) is 29.7 Å². The summed E-state index contributed by atoms with van der Waals surface area (Å²) in [6.07, 6.45) is 0.0161. The third-order valence-electron chi connectivity index (χ3n) is 8.85. The highest BCUT2D eigenvalue weighted by atomic mass is 31.2. The maximum atomic E-state index is 13.7. The number of hydrogen-bond donors (Lipinski definition) is 4. The van der Waals surface area contributed by atoms with E-state index in [9.17, 15) is 14.5 Å². The van der Waals surface area contributed by atoms with E-state index >= 15 is 0 Å². The van der Waals surface area contributed by atoms with Crippen LogP contribution in [0.3, 0.4) is 0 Å². The maximum Gasteiger partial charge on any atom is 0.472 e. The van der Waals surface area contributed by atoms with Gasteiger partial charge in [0.15, 0.2) is 13.3 Å². The average Bonchev–Trinajstić information content (AvgIpc) is 3.02. The fraction of sp³-hybridized carbons (Fsp3) is 0.525. The molecule has 0 fully saturated rings. The Balaban J connectivity index is 1.88. The number of aliphatic hydroxyl groups excluding tert-OH is 1. The number of esters is 1. The minimum Gasteiger partial charge on any atom is -0.466 e. The molecule has 0 radical (unpaired) electrons. The Kier molecular flexibility index (Phi) is 15.6. The molecule has 3 aromatic rings. The van der Waals surface area contributed by atoms with Crippen molar-refractivity contribution in [1.82, 2.24) is 10.2 Å². The van der Waals surface area contributed by atoms with Crippen molar-refractivity contribution < 1.29 is 42.7 Å². The number of likely N-dealkylation sites (N-methyl/N-ethyl adjacent to an activating group) is 1. The van der Waals surface area contributed by atoms with Gasteiger partial charge in [0.2, 0.25) is 0 Å². The first kappa shape index (κ1) is 43.3. The summed E-state index contributed by atoms with van der Waals surface area (Å²) in [6.45, 7) is 17.7. The van der Waals surface area contributed by atoms with Gasteiger partial charge >= 0.3 is 13.8 Å². The highest BCUT2D eigenvalue weighted by Gasteiger charge is 2.28. The van der Waals surface area contributed by atoms with Crippen LogP contribution in [-0.4, -0.2) is 88.4 Å². The van der Waals surface area contributed by atoms with Crippen LogP contribution in [0.1, 0.15) is 94.7 Å². The van der Waals surface area contributed by atoms with Gasteiger partial charge < -0.3 is 34.2 Å². The van der Waals surface area contributed by atoms with E-state index in [1.807, 2.05) is 72.1 Å². The zero-order valence-corrected chi connectivity index (χ0v) is 33.5. The molecule has 0 heterocycles. The number of hydrogen-bond acceptors (Lipinski definition) is 8. The molecule has 0 amide bonds. The van der Waals surface area contributed by atoms with E-state index in [4.69, 9.17) is 19.3 Å². The number of aryl methyl sites for hydroxylation is 1. The lowest BCUT2D eigenvalue weighted by Gasteiger charge is -2.32. The van der Waals surface area contributed by atoms with Crippen LogP contribution in [0.4, 0.5) is 0 Å². The number of carbonyl (C=O) groups excluding carboxylic acids is 1. The van der Waals surface area contributed by atoms with Gasteiger partial charge in [0, 0.05) is 41.2 Å². The maximum absolute atomic E-state index is 13.7. The second-order valence-electron chi connectivity index (χ2n) is 15.8. The van der Waals surface area contributed by atoms with Crippen molar-refractivity contribution in [3.05, 3.63) is 94.5 Å². The lowest BCUT2D eigenvalue weighted by atomic mass is 9.86. The van der Waals surface area contributed by atoms with Crippen molar-refractivity contribution in [2.45, 2.75) is 98.0 Å². The van der Waals surface area contributed by atoms with Gasteiger partial charge in [-0.1, -0.05) is 54.1 Å². The van der Waals surface area contributed by atoms with Crippen LogP contribution in [0, 0.1) is 6.92 Å². The largest absolute Gasteiger partial charge is 0.472 e. The number of β-amino-alcohol motifs (C(OH)–C–C–N with tert-alkyl or cyclic N) is 1. The molecule has 1 unspecified atom stereocenters. The Morgan fingerprint density at radius 1 is 0.923 bits per heavy atom. The first-order chi connectivity index (χ1) is 24.1. The molecular formula is C40H61N3O8P+. The molecule has 0 spiro atoms. The molecule has 3 rings (SSSR count). The minimum absolute atomic E-state index is 0.00316. The molecule has 12 heteroatoms. The Morgan fingerprint density at radius 2 is 1.56 bits per heavy atom. The highest BCUT2D eigenvalue weighted by Crippen LogP contribution is 2.37. The molecular weight excluding hydrogens is 681 g/mol. The molecule has 0 bridgehead atoms. The molecule has 0 saturated heterocycles. The van der Waals surface area contributed by atoms with Gasteiger partial charge in [0.25, 0.3) is 0 Å². The predicted octanol–water partition coefficient (Wildman–Crippen LogP) is 6.68. The molecule has 3 aromatic carbocycles. The van der Waals surface area contributed by atoms with Crippen LogP contribution >= 0.6 is 7.82 Å². The summed E-state index contributed by atoms with van der Waals surface area (Å²) < 4.78 is 27.8.